The lowest BCUT2D eigenvalue weighted by Crippen LogP contribution is -2.33. The molecule has 2 aromatic heterocycles. The van der Waals surface area contributed by atoms with Gasteiger partial charge in [0.1, 0.15) is 23.3 Å². The molecular formula is C19H17FN4O2. The van der Waals surface area contributed by atoms with Gasteiger partial charge in [0, 0.05) is 30.1 Å². The van der Waals surface area contributed by atoms with Gasteiger partial charge < -0.3 is 4.74 Å². The predicted octanol–water partition coefficient (Wildman–Crippen LogP) is 3.36. The number of carbonyl (C=O) groups is 1. The fraction of sp³-hybridized carbons (Fsp3) is 0.263. The lowest BCUT2D eigenvalue weighted by atomic mass is 10.0. The Balaban J connectivity index is 1.82. The van der Waals surface area contributed by atoms with E-state index in [1.807, 2.05) is 0 Å². The summed E-state index contributed by atoms with van der Waals surface area (Å²) in [4.78, 5) is 17.0. The second kappa shape index (κ2) is 7.13. The van der Waals surface area contributed by atoms with Gasteiger partial charge in [-0.05, 0) is 55.7 Å². The van der Waals surface area contributed by atoms with E-state index in [1.54, 1.807) is 36.7 Å². The molecule has 1 aliphatic rings. The van der Waals surface area contributed by atoms with Crippen LogP contribution in [0.25, 0.3) is 22.5 Å². The fourth-order valence-corrected chi connectivity index (χ4v) is 3.08. The molecule has 1 aromatic carbocycles. The van der Waals surface area contributed by atoms with Crippen molar-refractivity contribution in [3.8, 4) is 22.5 Å². The zero-order valence-corrected chi connectivity index (χ0v) is 14.0. The maximum Gasteiger partial charge on any atom is 0.277 e. The summed E-state index contributed by atoms with van der Waals surface area (Å²) < 4.78 is 20.2. The Morgan fingerprint density at radius 2 is 1.85 bits per heavy atom. The minimum absolute atomic E-state index is 0.239. The Labute approximate surface area is 149 Å². The largest absolute Gasteiger partial charge is 0.368 e. The molecule has 6 nitrogen and oxygen atoms in total. The van der Waals surface area contributed by atoms with Crippen LogP contribution in [0.2, 0.25) is 0 Å². The fourth-order valence-electron chi connectivity index (χ4n) is 3.08. The van der Waals surface area contributed by atoms with Crippen molar-refractivity contribution >= 4 is 5.91 Å². The third-order valence-corrected chi connectivity index (χ3v) is 4.41. The normalized spacial score (nSPS) is 17.2. The molecule has 1 aliphatic heterocycles. The second-order valence-corrected chi connectivity index (χ2v) is 6.13. The molecule has 0 saturated carbocycles. The number of benzene rings is 1. The first-order valence-electron chi connectivity index (χ1n) is 8.52. The van der Waals surface area contributed by atoms with Crippen molar-refractivity contribution in [1.29, 1.82) is 0 Å². The highest BCUT2D eigenvalue weighted by Gasteiger charge is 2.28. The number of pyridine rings is 1. The van der Waals surface area contributed by atoms with Gasteiger partial charge in [0.05, 0.1) is 0 Å². The average Bonchev–Trinajstić information content (AvgIpc) is 3.14. The van der Waals surface area contributed by atoms with Crippen LogP contribution in [0.4, 0.5) is 4.39 Å². The highest BCUT2D eigenvalue weighted by molar-refractivity contribution is 5.90. The zero-order chi connectivity index (χ0) is 17.9. The van der Waals surface area contributed by atoms with Gasteiger partial charge in [0.2, 0.25) is 0 Å². The molecule has 0 N–H and O–H groups in total. The van der Waals surface area contributed by atoms with E-state index in [4.69, 9.17) is 4.74 Å². The maximum absolute atomic E-state index is 13.3. The molecule has 1 saturated heterocycles. The monoisotopic (exact) mass is 352 g/mol. The van der Waals surface area contributed by atoms with Gasteiger partial charge in [0.15, 0.2) is 0 Å². The average molecular weight is 352 g/mol. The Bertz CT molecular complexity index is 903. The number of halogens is 1. The van der Waals surface area contributed by atoms with E-state index in [2.05, 4.69) is 15.3 Å². The Hall–Kier alpha value is -2.93. The summed E-state index contributed by atoms with van der Waals surface area (Å²) in [6.07, 6.45) is 5.33. The first-order chi connectivity index (χ1) is 12.7. The van der Waals surface area contributed by atoms with Crippen LogP contribution in [0, 0.1) is 5.82 Å². The van der Waals surface area contributed by atoms with E-state index in [0.717, 1.165) is 18.4 Å². The lowest BCUT2D eigenvalue weighted by molar-refractivity contribution is 0.0108. The van der Waals surface area contributed by atoms with E-state index in [1.165, 1.54) is 16.8 Å². The molecule has 4 rings (SSSR count). The molecular weight excluding hydrogens is 335 g/mol. The van der Waals surface area contributed by atoms with Gasteiger partial charge >= 0.3 is 0 Å². The van der Waals surface area contributed by atoms with Crippen LogP contribution in [-0.2, 0) is 4.74 Å². The third-order valence-electron chi connectivity index (χ3n) is 4.41. The predicted molar refractivity (Wildman–Crippen MR) is 92.9 cm³/mol. The molecule has 3 aromatic rings. The van der Waals surface area contributed by atoms with E-state index >= 15 is 0 Å². The van der Waals surface area contributed by atoms with E-state index in [9.17, 15) is 9.18 Å². The van der Waals surface area contributed by atoms with Crippen molar-refractivity contribution in [2.24, 2.45) is 0 Å². The molecule has 1 fully saturated rings. The number of hydrogen-bond acceptors (Lipinski definition) is 5. The summed E-state index contributed by atoms with van der Waals surface area (Å²) in [5, 5.41) is 8.29. The summed E-state index contributed by atoms with van der Waals surface area (Å²) >= 11 is 0. The maximum atomic E-state index is 13.3. The topological polar surface area (TPSA) is 69.9 Å². The van der Waals surface area contributed by atoms with Crippen molar-refractivity contribution in [3.05, 3.63) is 54.6 Å². The van der Waals surface area contributed by atoms with Crippen molar-refractivity contribution in [3.63, 3.8) is 0 Å². The van der Waals surface area contributed by atoms with Gasteiger partial charge in [-0.3, -0.25) is 9.78 Å². The summed E-state index contributed by atoms with van der Waals surface area (Å²) in [5.74, 6) is -0.573. The molecule has 132 valence electrons. The van der Waals surface area contributed by atoms with Crippen LogP contribution < -0.4 is 0 Å². The highest BCUT2D eigenvalue weighted by Crippen LogP contribution is 2.31. The van der Waals surface area contributed by atoms with Crippen LogP contribution >= 0.6 is 0 Å². The first-order valence-corrected chi connectivity index (χ1v) is 8.52. The number of hydrogen-bond donors (Lipinski definition) is 0. The smallest absolute Gasteiger partial charge is 0.277 e. The van der Waals surface area contributed by atoms with E-state index < -0.39 is 6.10 Å². The summed E-state index contributed by atoms with van der Waals surface area (Å²) in [5.41, 5.74) is 2.51. The Kier molecular flexibility index (Phi) is 4.53. The quantitative estimate of drug-likeness (QED) is 0.723. The SMILES string of the molecule is O=C(C1CCCCO1)n1nnc(-c2ccc(F)cc2)c1-c1ccncc1. The standard InChI is InChI=1S/C19H17FN4O2/c20-15-6-4-13(5-7-15)17-18(14-8-10-21-11-9-14)24(23-22-17)19(25)16-3-1-2-12-26-16/h4-11,16H,1-3,12H2. The van der Waals surface area contributed by atoms with Gasteiger partial charge in [-0.25, -0.2) is 4.39 Å². The van der Waals surface area contributed by atoms with Crippen LogP contribution in [0.5, 0.6) is 0 Å². The lowest BCUT2D eigenvalue weighted by Gasteiger charge is -2.21. The number of ether oxygens (including phenoxy) is 1. The van der Waals surface area contributed by atoms with Gasteiger partial charge in [-0.1, -0.05) is 5.21 Å². The van der Waals surface area contributed by atoms with Crippen LogP contribution in [0.3, 0.4) is 0 Å². The summed E-state index contributed by atoms with van der Waals surface area (Å²) in [7, 11) is 0. The molecule has 0 amide bonds. The van der Waals surface area contributed by atoms with Crippen LogP contribution in [-0.4, -0.2) is 38.6 Å². The molecule has 7 heteroatoms. The molecule has 0 radical (unpaired) electrons. The first kappa shape index (κ1) is 16.5. The minimum atomic E-state index is -0.521. The highest BCUT2D eigenvalue weighted by atomic mass is 19.1. The van der Waals surface area contributed by atoms with Gasteiger partial charge in [-0.15, -0.1) is 5.10 Å². The van der Waals surface area contributed by atoms with E-state index in [0.29, 0.717) is 30.0 Å². The third kappa shape index (κ3) is 3.13. The number of carbonyl (C=O) groups excluding carboxylic acids is 1. The number of rotatable bonds is 3. The van der Waals surface area contributed by atoms with Crippen molar-refractivity contribution in [1.82, 2.24) is 20.0 Å². The minimum Gasteiger partial charge on any atom is -0.368 e. The van der Waals surface area contributed by atoms with Crippen molar-refractivity contribution in [2.45, 2.75) is 25.4 Å². The summed E-state index contributed by atoms with van der Waals surface area (Å²) in [6, 6.07) is 9.54. The molecule has 1 unspecified atom stereocenters. The molecule has 0 bridgehead atoms. The molecule has 26 heavy (non-hydrogen) atoms. The van der Waals surface area contributed by atoms with Crippen LogP contribution in [0.15, 0.2) is 48.8 Å². The molecule has 3 heterocycles. The van der Waals surface area contributed by atoms with Crippen LogP contribution in [0.1, 0.15) is 24.1 Å². The van der Waals surface area contributed by atoms with E-state index in [-0.39, 0.29) is 11.7 Å². The molecule has 0 spiro atoms. The number of nitrogens with zero attached hydrogens (tertiary/aromatic N) is 4. The Morgan fingerprint density at radius 3 is 2.54 bits per heavy atom. The molecule has 0 aliphatic carbocycles. The van der Waals surface area contributed by atoms with Crippen molar-refractivity contribution in [2.75, 3.05) is 6.61 Å². The Morgan fingerprint density at radius 1 is 1.08 bits per heavy atom. The summed E-state index contributed by atoms with van der Waals surface area (Å²) in [6.45, 7) is 0.570. The van der Waals surface area contributed by atoms with Crippen molar-refractivity contribution < 1.29 is 13.9 Å². The molecule has 1 atom stereocenters. The second-order valence-electron chi connectivity index (χ2n) is 6.13. The van der Waals surface area contributed by atoms with Gasteiger partial charge in [0.25, 0.3) is 5.91 Å². The van der Waals surface area contributed by atoms with Gasteiger partial charge in [-0.2, -0.15) is 4.68 Å². The number of aromatic nitrogens is 4. The zero-order valence-electron chi connectivity index (χ0n) is 14.0.